The van der Waals surface area contributed by atoms with Crippen molar-refractivity contribution in [3.63, 3.8) is 0 Å². The van der Waals surface area contributed by atoms with Gasteiger partial charge >= 0.3 is 0 Å². The van der Waals surface area contributed by atoms with Crippen molar-refractivity contribution in [1.29, 1.82) is 0 Å². The van der Waals surface area contributed by atoms with Gasteiger partial charge in [0.15, 0.2) is 0 Å². The Morgan fingerprint density at radius 2 is 0.705 bits per heavy atom. The van der Waals surface area contributed by atoms with E-state index in [1.165, 1.54) is 0 Å². The quantitative estimate of drug-likeness (QED) is 0.294. The van der Waals surface area contributed by atoms with Gasteiger partial charge in [-0.15, -0.1) is 11.5 Å². The molecule has 0 bridgehead atoms. The van der Waals surface area contributed by atoms with Crippen molar-refractivity contribution >= 4 is 0 Å². The average Bonchev–Trinajstić information content (AvgIpc) is 2.82. The third-order valence-electron chi connectivity index (χ3n) is 8.75. The monoisotopic (exact) mass is 598 g/mol. The molecule has 0 saturated carbocycles. The topological polar surface area (TPSA) is 55.3 Å². The Labute approximate surface area is 269 Å². The highest BCUT2D eigenvalue weighted by atomic mass is 16.5. The highest BCUT2D eigenvalue weighted by Gasteiger charge is 2.26. The molecule has 0 aliphatic heterocycles. The Bertz CT molecular complexity index is 1400. The first kappa shape index (κ1) is 35.5. The Morgan fingerprint density at radius 1 is 0.432 bits per heavy atom. The van der Waals surface area contributed by atoms with E-state index in [1.54, 1.807) is 7.11 Å². The molecule has 3 rings (SSSR count). The Hall–Kier alpha value is -2.94. The summed E-state index contributed by atoms with van der Waals surface area (Å²) in [4.78, 5) is 0. The second-order valence-electron chi connectivity index (χ2n) is 18.0. The van der Waals surface area contributed by atoms with Crippen LogP contribution in [0.3, 0.4) is 0 Å². The molecule has 0 aliphatic carbocycles. The molecule has 3 nitrogen and oxygen atoms in total. The van der Waals surface area contributed by atoms with Crippen molar-refractivity contribution in [2.24, 2.45) is 0 Å². The molecule has 0 saturated heterocycles. The molecular weight excluding hydrogens is 540 g/mol. The van der Waals surface area contributed by atoms with Gasteiger partial charge in [0.05, 0.1) is 7.11 Å². The van der Waals surface area contributed by atoms with Gasteiger partial charge in [-0.25, -0.2) is 0 Å². The molecule has 0 amide bonds. The Balaban J connectivity index is 2.33. The van der Waals surface area contributed by atoms with Gasteiger partial charge in [-0.1, -0.05) is 151 Å². The molecule has 44 heavy (non-hydrogen) atoms. The normalized spacial score (nSPS) is 13.4. The molecule has 0 heterocycles. The maximum absolute atomic E-state index is 14.0. The summed E-state index contributed by atoms with van der Waals surface area (Å²) in [5.41, 5.74) is 7.81. The fourth-order valence-electron chi connectivity index (χ4n) is 5.74. The number of rotatable bonds is 5. The number of hydrogen-bond acceptors (Lipinski definition) is 3. The standard InChI is InChI=1S/C41H60O3/c1-37(2,3)29-21-27(17-25-19-30(38(4,5)6)23-32(34(25)42)40(10,11)12)36(44-16)28(22-29)18-26-20-31(39(7,8)9)24-33(35(26)43)41(13,14)15/h19-24,42-43H,17-18H2,1-16H3/p-2. The summed E-state index contributed by atoms with van der Waals surface area (Å²) in [6.07, 6.45) is 0.927. The predicted molar refractivity (Wildman–Crippen MR) is 184 cm³/mol. The lowest BCUT2D eigenvalue weighted by atomic mass is 9.77. The summed E-state index contributed by atoms with van der Waals surface area (Å²) in [5.74, 6) is 0.961. The third kappa shape index (κ3) is 7.82. The maximum Gasteiger partial charge on any atom is 0.125 e. The summed E-state index contributed by atoms with van der Waals surface area (Å²) >= 11 is 0. The third-order valence-corrected chi connectivity index (χ3v) is 8.75. The summed E-state index contributed by atoms with van der Waals surface area (Å²) in [6, 6.07) is 12.8. The van der Waals surface area contributed by atoms with E-state index >= 15 is 0 Å². The predicted octanol–water partition coefficient (Wildman–Crippen LogP) is 9.51. The SMILES string of the molecule is COc1c(Cc2cc(C(C)(C)C)cc(C(C)(C)C)c2[O-])cc(C(C)(C)C)cc1Cc1cc(C(C)(C)C)cc(C(C)(C)C)c1[O-]. The number of ether oxygens (including phenoxy) is 1. The van der Waals surface area contributed by atoms with Crippen molar-refractivity contribution in [2.75, 3.05) is 7.11 Å². The van der Waals surface area contributed by atoms with Crippen molar-refractivity contribution in [1.82, 2.24) is 0 Å². The zero-order valence-corrected chi connectivity index (χ0v) is 30.6. The molecule has 0 spiro atoms. The smallest absolute Gasteiger partial charge is 0.125 e. The average molecular weight is 599 g/mol. The van der Waals surface area contributed by atoms with Gasteiger partial charge in [-0.2, -0.15) is 0 Å². The zero-order chi connectivity index (χ0) is 33.8. The molecule has 3 heteroatoms. The van der Waals surface area contributed by atoms with Gasteiger partial charge < -0.3 is 14.9 Å². The van der Waals surface area contributed by atoms with Crippen LogP contribution in [0.2, 0.25) is 0 Å². The van der Waals surface area contributed by atoms with Crippen LogP contribution in [0.25, 0.3) is 0 Å². The summed E-state index contributed by atoms with van der Waals surface area (Å²) in [5, 5.41) is 28.0. The number of hydrogen-bond donors (Lipinski definition) is 0. The van der Waals surface area contributed by atoms with Gasteiger partial charge in [0.25, 0.3) is 0 Å². The van der Waals surface area contributed by atoms with Crippen molar-refractivity contribution in [3.05, 3.63) is 86.5 Å². The first-order valence-corrected chi connectivity index (χ1v) is 16.1. The fourth-order valence-corrected chi connectivity index (χ4v) is 5.74. The molecule has 3 aromatic rings. The summed E-state index contributed by atoms with van der Waals surface area (Å²) in [6.45, 7) is 32.4. The van der Waals surface area contributed by atoms with Crippen LogP contribution < -0.4 is 14.9 Å². The lowest BCUT2D eigenvalue weighted by Crippen LogP contribution is -2.21. The first-order valence-electron chi connectivity index (χ1n) is 16.1. The van der Waals surface area contributed by atoms with E-state index < -0.39 is 0 Å². The van der Waals surface area contributed by atoms with Crippen LogP contribution in [-0.4, -0.2) is 7.11 Å². The largest absolute Gasteiger partial charge is 0.872 e. The van der Waals surface area contributed by atoms with E-state index in [0.717, 1.165) is 55.8 Å². The summed E-state index contributed by atoms with van der Waals surface area (Å²) in [7, 11) is 1.70. The highest BCUT2D eigenvalue weighted by molar-refractivity contribution is 5.56. The van der Waals surface area contributed by atoms with E-state index in [4.69, 9.17) is 4.74 Å². The lowest BCUT2D eigenvalue weighted by Gasteiger charge is -2.33. The first-order chi connectivity index (χ1) is 19.7. The highest BCUT2D eigenvalue weighted by Crippen LogP contribution is 2.42. The molecule has 0 N–H and O–H groups in total. The lowest BCUT2D eigenvalue weighted by molar-refractivity contribution is -0.271. The van der Waals surface area contributed by atoms with E-state index in [9.17, 15) is 10.2 Å². The minimum atomic E-state index is -0.275. The van der Waals surface area contributed by atoms with Crippen molar-refractivity contribution < 1.29 is 14.9 Å². The van der Waals surface area contributed by atoms with Crippen LogP contribution in [0.5, 0.6) is 17.2 Å². The fraction of sp³-hybridized carbons (Fsp3) is 0.561. The van der Waals surface area contributed by atoms with Crippen LogP contribution in [0.15, 0.2) is 36.4 Å². The minimum absolute atomic E-state index is 0.0989. The molecule has 0 radical (unpaired) electrons. The number of methoxy groups -OCH3 is 1. The van der Waals surface area contributed by atoms with Gasteiger partial charge in [-0.3, -0.25) is 0 Å². The molecule has 242 valence electrons. The van der Waals surface area contributed by atoms with Crippen LogP contribution in [-0.2, 0) is 39.9 Å². The van der Waals surface area contributed by atoms with Gasteiger partial charge in [-0.05, 0) is 66.0 Å². The summed E-state index contributed by atoms with van der Waals surface area (Å²) < 4.78 is 6.15. The maximum atomic E-state index is 14.0. The molecule has 0 aromatic heterocycles. The van der Waals surface area contributed by atoms with Crippen molar-refractivity contribution in [3.8, 4) is 17.2 Å². The zero-order valence-electron chi connectivity index (χ0n) is 30.6. The van der Waals surface area contributed by atoms with Gasteiger partial charge in [0, 0.05) is 12.8 Å². The number of benzene rings is 3. The van der Waals surface area contributed by atoms with Gasteiger partial charge in [0.2, 0.25) is 0 Å². The molecule has 0 atom stereocenters. The molecule has 3 aromatic carbocycles. The van der Waals surface area contributed by atoms with Crippen LogP contribution in [0, 0.1) is 0 Å². The minimum Gasteiger partial charge on any atom is -0.872 e. The van der Waals surface area contributed by atoms with E-state index in [1.807, 2.05) is 0 Å². The van der Waals surface area contributed by atoms with E-state index in [0.29, 0.717) is 12.8 Å². The molecular formula is C41H58O3-2. The second-order valence-corrected chi connectivity index (χ2v) is 18.0. The van der Waals surface area contributed by atoms with Crippen molar-refractivity contribution in [2.45, 2.75) is 144 Å². The second kappa shape index (κ2) is 11.8. The van der Waals surface area contributed by atoms with Crippen LogP contribution in [0.4, 0.5) is 0 Å². The van der Waals surface area contributed by atoms with E-state index in [-0.39, 0.29) is 38.6 Å². The van der Waals surface area contributed by atoms with Gasteiger partial charge in [0.1, 0.15) is 5.75 Å². The van der Waals surface area contributed by atoms with Crippen LogP contribution >= 0.6 is 0 Å². The Morgan fingerprint density at radius 3 is 0.955 bits per heavy atom. The molecule has 0 unspecified atom stereocenters. The molecule has 0 aliphatic rings. The molecule has 0 fully saturated rings. The van der Waals surface area contributed by atoms with E-state index in [2.05, 4.69) is 140 Å². The van der Waals surface area contributed by atoms with Crippen LogP contribution in [0.1, 0.15) is 154 Å². The Kier molecular flexibility index (Phi) is 9.51.